The van der Waals surface area contributed by atoms with Crippen LogP contribution in [0.1, 0.15) is 5.56 Å². The number of hydrogen-bond donors (Lipinski definition) is 0. The number of aromatic nitrogens is 3. The molecule has 0 saturated heterocycles. The summed E-state index contributed by atoms with van der Waals surface area (Å²) in [5.41, 5.74) is 9.30. The Balaban J connectivity index is 1.34. The molecule has 61 heavy (non-hydrogen) atoms. The summed E-state index contributed by atoms with van der Waals surface area (Å²) < 4.78 is 6.96. The monoisotopic (exact) mass is 791 g/mol. The highest BCUT2D eigenvalue weighted by Gasteiger charge is 2.33. The third-order valence-corrected chi connectivity index (χ3v) is 13.8. The molecule has 0 bridgehead atoms. The predicted molar refractivity (Wildman–Crippen MR) is 254 cm³/mol. The van der Waals surface area contributed by atoms with Crippen LogP contribution in [0, 0.1) is 17.9 Å². The van der Waals surface area contributed by atoms with Gasteiger partial charge in [0.2, 0.25) is 5.69 Å². The molecule has 0 spiro atoms. The van der Waals surface area contributed by atoms with Crippen molar-refractivity contribution < 1.29 is 0 Å². The summed E-state index contributed by atoms with van der Waals surface area (Å²) in [5.74, 6) is 0. The second-order valence-corrected chi connectivity index (χ2v) is 16.6. The molecule has 13 aromatic rings. The Bertz CT molecular complexity index is 3980. The zero-order chi connectivity index (χ0) is 40.3. The number of nitrogens with zero attached hydrogens (tertiary/aromatic N) is 5. The van der Waals surface area contributed by atoms with E-state index in [1.54, 1.807) is 11.3 Å². The van der Waals surface area contributed by atoms with Gasteiger partial charge in [0.25, 0.3) is 0 Å². The zero-order valence-corrected chi connectivity index (χ0v) is 33.2. The van der Waals surface area contributed by atoms with Crippen molar-refractivity contribution in [2.24, 2.45) is 0 Å². The summed E-state index contributed by atoms with van der Waals surface area (Å²) in [7, 11) is 0. The van der Waals surface area contributed by atoms with Crippen LogP contribution in [0.25, 0.3) is 124 Å². The highest BCUT2D eigenvalue weighted by Crippen LogP contribution is 2.54. The fourth-order valence-electron chi connectivity index (χ4n) is 10.2. The lowest BCUT2D eigenvalue weighted by Gasteiger charge is -2.25. The Morgan fingerprint density at radius 1 is 0.492 bits per heavy atom. The smallest absolute Gasteiger partial charge is 0.220 e. The Labute approximate surface area is 353 Å². The van der Waals surface area contributed by atoms with Crippen molar-refractivity contribution in [2.45, 2.75) is 0 Å². The first-order valence-corrected chi connectivity index (χ1v) is 21.0. The minimum absolute atomic E-state index is 0.407. The molecule has 9 aromatic carbocycles. The number of benzene rings is 9. The number of pyridine rings is 1. The third-order valence-electron chi connectivity index (χ3n) is 12.6. The minimum atomic E-state index is 0.407. The number of rotatable bonds is 4. The maximum Gasteiger partial charge on any atom is 0.220 e. The number of fused-ring (bicyclic) bond motifs is 10. The quantitative estimate of drug-likeness (QED) is 0.132. The van der Waals surface area contributed by atoms with Gasteiger partial charge in [-0.05, 0) is 45.5 Å². The maximum absolute atomic E-state index is 11.8. The van der Waals surface area contributed by atoms with Gasteiger partial charge in [-0.2, -0.15) is 5.26 Å². The lowest BCUT2D eigenvalue weighted by molar-refractivity contribution is 1.13. The van der Waals surface area contributed by atoms with Gasteiger partial charge in [0, 0.05) is 59.7 Å². The van der Waals surface area contributed by atoms with Gasteiger partial charge < -0.3 is 9.13 Å². The highest BCUT2D eigenvalue weighted by molar-refractivity contribution is 7.26. The lowest BCUT2D eigenvalue weighted by Crippen LogP contribution is -2.08. The van der Waals surface area contributed by atoms with Crippen molar-refractivity contribution in [1.82, 2.24) is 14.1 Å². The molecule has 280 valence electrons. The van der Waals surface area contributed by atoms with Crippen molar-refractivity contribution in [1.29, 1.82) is 5.26 Å². The van der Waals surface area contributed by atoms with Crippen LogP contribution in [0.5, 0.6) is 0 Å². The molecule has 0 amide bonds. The molecule has 0 radical (unpaired) electrons. The van der Waals surface area contributed by atoms with Gasteiger partial charge in [-0.3, -0.25) is 4.98 Å². The van der Waals surface area contributed by atoms with Crippen LogP contribution in [-0.2, 0) is 0 Å². The molecular weight excluding hydrogens is 763 g/mol. The van der Waals surface area contributed by atoms with Gasteiger partial charge in [-0.1, -0.05) is 146 Å². The largest absolute Gasteiger partial charge is 0.317 e. The van der Waals surface area contributed by atoms with Gasteiger partial charge in [-0.25, -0.2) is 4.85 Å². The first-order valence-electron chi connectivity index (χ1n) is 20.2. The van der Waals surface area contributed by atoms with Crippen molar-refractivity contribution in [3.05, 3.63) is 193 Å². The van der Waals surface area contributed by atoms with Crippen LogP contribution in [0.2, 0.25) is 0 Å². The summed E-state index contributed by atoms with van der Waals surface area (Å²) in [4.78, 5) is 9.41. The molecule has 4 heterocycles. The van der Waals surface area contributed by atoms with Gasteiger partial charge in [-0.15, -0.1) is 11.3 Å². The van der Waals surface area contributed by atoms with Gasteiger partial charge in [0.1, 0.15) is 6.07 Å². The van der Waals surface area contributed by atoms with E-state index in [1.165, 1.54) is 15.5 Å². The van der Waals surface area contributed by atoms with E-state index >= 15 is 0 Å². The van der Waals surface area contributed by atoms with E-state index in [1.807, 2.05) is 60.9 Å². The summed E-state index contributed by atoms with van der Waals surface area (Å²) >= 11 is 1.78. The second-order valence-electron chi connectivity index (χ2n) is 15.6. The van der Waals surface area contributed by atoms with Crippen LogP contribution in [0.3, 0.4) is 0 Å². The van der Waals surface area contributed by atoms with E-state index in [0.29, 0.717) is 22.5 Å². The van der Waals surface area contributed by atoms with Gasteiger partial charge in [0.15, 0.2) is 0 Å². The van der Waals surface area contributed by atoms with E-state index in [-0.39, 0.29) is 0 Å². The van der Waals surface area contributed by atoms with Crippen molar-refractivity contribution in [3.63, 3.8) is 0 Å². The first kappa shape index (κ1) is 33.7. The molecule has 5 nitrogen and oxygen atoms in total. The van der Waals surface area contributed by atoms with Crippen LogP contribution < -0.4 is 0 Å². The number of nitriles is 1. The maximum atomic E-state index is 11.8. The van der Waals surface area contributed by atoms with Crippen LogP contribution in [0.15, 0.2) is 176 Å². The summed E-state index contributed by atoms with van der Waals surface area (Å²) in [6, 6.07) is 59.7. The van der Waals surface area contributed by atoms with Crippen LogP contribution in [-0.4, -0.2) is 14.1 Å². The minimum Gasteiger partial charge on any atom is -0.317 e. The predicted octanol–water partition coefficient (Wildman–Crippen LogP) is 15.1. The van der Waals surface area contributed by atoms with Crippen molar-refractivity contribution in [2.75, 3.05) is 0 Å². The van der Waals surface area contributed by atoms with E-state index in [0.717, 1.165) is 92.2 Å². The van der Waals surface area contributed by atoms with Crippen molar-refractivity contribution >= 4 is 102 Å². The van der Waals surface area contributed by atoms with Gasteiger partial charge in [0.05, 0.1) is 56.5 Å². The van der Waals surface area contributed by atoms with Crippen LogP contribution >= 0.6 is 11.3 Å². The molecule has 0 aliphatic rings. The van der Waals surface area contributed by atoms with E-state index in [9.17, 15) is 11.8 Å². The molecular formula is C55H29N5S. The molecule has 6 heteroatoms. The van der Waals surface area contributed by atoms with Crippen molar-refractivity contribution in [3.8, 4) is 39.7 Å². The molecule has 0 fully saturated rings. The molecule has 0 unspecified atom stereocenters. The van der Waals surface area contributed by atoms with E-state index in [4.69, 9.17) is 4.98 Å². The average Bonchev–Trinajstić information content (AvgIpc) is 3.99. The third kappa shape index (κ3) is 4.44. The molecule has 0 aliphatic heterocycles. The molecule has 0 aliphatic carbocycles. The molecule has 0 atom stereocenters. The SMILES string of the molecule is [C-]#[N+]c1c(-c2ccccc2)c(C#N)c(-n2c3ccccc3c3ccc4c5ccccc5sc4c32)c(-c2ccccc2)c1-n1c2cccc3c4ccccc4c4cncc1c4c32. The normalized spacial score (nSPS) is 11.9. The molecule has 0 saturated carbocycles. The average molecular weight is 792 g/mol. The number of thiophene rings is 1. The fourth-order valence-corrected chi connectivity index (χ4v) is 11.5. The van der Waals surface area contributed by atoms with E-state index in [2.05, 4.69) is 135 Å². The zero-order valence-electron chi connectivity index (χ0n) is 32.4. The molecule has 0 N–H and O–H groups in total. The van der Waals surface area contributed by atoms with E-state index < -0.39 is 0 Å². The summed E-state index contributed by atoms with van der Waals surface area (Å²) in [6.07, 6.45) is 3.92. The highest BCUT2D eigenvalue weighted by atomic mass is 32.1. The number of para-hydroxylation sites is 1. The Kier molecular flexibility index (Phi) is 6.96. The summed E-state index contributed by atoms with van der Waals surface area (Å²) in [5, 5.41) is 23.1. The Morgan fingerprint density at radius 2 is 1.10 bits per heavy atom. The molecule has 13 rings (SSSR count). The van der Waals surface area contributed by atoms with Gasteiger partial charge >= 0.3 is 0 Å². The van der Waals surface area contributed by atoms with Crippen LogP contribution in [0.4, 0.5) is 5.69 Å². The Hall–Kier alpha value is -8.29. The fraction of sp³-hybridized carbons (Fsp3) is 0. The first-order chi connectivity index (χ1) is 30.2. The number of hydrogen-bond acceptors (Lipinski definition) is 3. The molecule has 4 aromatic heterocycles. The second kappa shape index (κ2) is 12.6. The lowest BCUT2D eigenvalue weighted by atomic mass is 9.88. The standard InChI is InChI=1S/C55H29N5S/c1-57-51-47(32-15-4-2-5-16-32)41(29-56)52(60-43-24-12-10-21-36(43)39-27-28-40-37-22-11-13-26-46(37)61-55(40)53(39)60)48(33-17-6-3-7-18-33)54(51)59-44-25-14-23-38-34-19-8-9-20-35(34)42-30-58-31-45(59)50(42)49(38)44/h2-28,30-31H. The summed E-state index contributed by atoms with van der Waals surface area (Å²) in [6.45, 7) is 9.19. The topological polar surface area (TPSA) is 50.9 Å². The Morgan fingerprint density at radius 3 is 1.85 bits per heavy atom.